The number of amides is 1. The second-order valence-electron chi connectivity index (χ2n) is 9.15. The molecule has 0 radical (unpaired) electrons. The van der Waals surface area contributed by atoms with Crippen molar-refractivity contribution in [2.45, 2.75) is 52.3 Å². The van der Waals surface area contributed by atoms with E-state index in [0.29, 0.717) is 17.3 Å². The zero-order valence-corrected chi connectivity index (χ0v) is 21.0. The Morgan fingerprint density at radius 1 is 1.00 bits per heavy atom. The molecule has 7 heteroatoms. The summed E-state index contributed by atoms with van der Waals surface area (Å²) in [7, 11) is 1.39. The molecular weight excluding hydrogens is 452 g/mol. The molecule has 0 fully saturated rings. The Morgan fingerprint density at radius 3 is 2.29 bits per heavy atom. The van der Waals surface area contributed by atoms with Gasteiger partial charge in [-0.3, -0.25) is 10.1 Å². The van der Waals surface area contributed by atoms with Crippen LogP contribution in [0.1, 0.15) is 39.7 Å². The molecule has 0 aliphatic heterocycles. The Bertz CT molecular complexity index is 1170. The highest BCUT2D eigenvalue weighted by molar-refractivity contribution is 6.31. The van der Waals surface area contributed by atoms with Crippen molar-refractivity contribution in [3.8, 4) is 0 Å². The molecule has 0 saturated carbocycles. The fourth-order valence-corrected chi connectivity index (χ4v) is 3.97. The Morgan fingerprint density at radius 2 is 1.65 bits per heavy atom. The zero-order valence-electron chi connectivity index (χ0n) is 20.2. The van der Waals surface area contributed by atoms with Gasteiger partial charge in [0.25, 0.3) is 0 Å². The fourth-order valence-electron chi connectivity index (χ4n) is 3.78. The van der Waals surface area contributed by atoms with E-state index in [1.807, 2.05) is 88.4 Å². The van der Waals surface area contributed by atoms with Crippen molar-refractivity contribution < 1.29 is 19.1 Å². The van der Waals surface area contributed by atoms with Crippen molar-refractivity contribution in [1.29, 1.82) is 0 Å². The minimum atomic E-state index is -0.602. The largest absolute Gasteiger partial charge is 0.469 e. The molecule has 1 atom stereocenters. The average molecular weight is 483 g/mol. The number of methoxy groups -OCH3 is 1. The Labute approximate surface area is 205 Å². The van der Waals surface area contributed by atoms with E-state index in [0.717, 1.165) is 22.0 Å². The summed E-state index contributed by atoms with van der Waals surface area (Å²) < 4.78 is 10.3. The number of ether oxygens (including phenoxy) is 2. The van der Waals surface area contributed by atoms with Crippen LogP contribution in [0.3, 0.4) is 0 Å². The van der Waals surface area contributed by atoms with Crippen LogP contribution in [0.15, 0.2) is 60.7 Å². The first-order valence-electron chi connectivity index (χ1n) is 11.2. The van der Waals surface area contributed by atoms with Crippen molar-refractivity contribution in [3.05, 3.63) is 71.2 Å². The van der Waals surface area contributed by atoms with Crippen LogP contribution in [0.2, 0.25) is 5.02 Å². The molecule has 0 bridgehead atoms. The summed E-state index contributed by atoms with van der Waals surface area (Å²) in [6.45, 7) is 7.95. The first-order chi connectivity index (χ1) is 16.1. The number of carbonyl (C=O) groups is 2. The van der Waals surface area contributed by atoms with Crippen LogP contribution in [-0.4, -0.2) is 30.8 Å². The summed E-state index contributed by atoms with van der Waals surface area (Å²) in [5.74, 6) is -0.288. The van der Waals surface area contributed by atoms with Crippen LogP contribution >= 0.6 is 11.6 Å². The van der Waals surface area contributed by atoms with Crippen molar-refractivity contribution in [3.63, 3.8) is 0 Å². The maximum absolute atomic E-state index is 12.4. The number of nitrogens with zero attached hydrogens (tertiary/aromatic N) is 1. The third-order valence-corrected chi connectivity index (χ3v) is 5.74. The minimum absolute atomic E-state index is 0.170. The van der Waals surface area contributed by atoms with Crippen molar-refractivity contribution in [1.82, 2.24) is 0 Å². The van der Waals surface area contributed by atoms with Gasteiger partial charge in [0.05, 0.1) is 19.2 Å². The van der Waals surface area contributed by atoms with Gasteiger partial charge in [-0.25, -0.2) is 4.79 Å². The number of fused-ring (bicyclic) bond motifs is 1. The monoisotopic (exact) mass is 482 g/mol. The smallest absolute Gasteiger partial charge is 0.412 e. The summed E-state index contributed by atoms with van der Waals surface area (Å²) in [6.07, 6.45) is -0.301. The van der Waals surface area contributed by atoms with Crippen LogP contribution < -0.4 is 10.2 Å². The quantitative estimate of drug-likeness (QED) is 0.375. The van der Waals surface area contributed by atoms with E-state index >= 15 is 0 Å². The van der Waals surface area contributed by atoms with E-state index < -0.39 is 11.7 Å². The molecule has 180 valence electrons. The van der Waals surface area contributed by atoms with Gasteiger partial charge < -0.3 is 14.4 Å². The normalized spacial score (nSPS) is 12.2. The topological polar surface area (TPSA) is 67.9 Å². The van der Waals surface area contributed by atoms with Crippen LogP contribution in [0.4, 0.5) is 16.2 Å². The van der Waals surface area contributed by atoms with Gasteiger partial charge in [-0.1, -0.05) is 54.1 Å². The zero-order chi connectivity index (χ0) is 24.9. The first kappa shape index (κ1) is 25.4. The molecule has 3 aromatic carbocycles. The summed E-state index contributed by atoms with van der Waals surface area (Å²) in [4.78, 5) is 26.7. The van der Waals surface area contributed by atoms with Gasteiger partial charge in [-0.2, -0.15) is 0 Å². The number of hydrogen-bond donors (Lipinski definition) is 1. The molecule has 6 nitrogen and oxygen atoms in total. The van der Waals surface area contributed by atoms with E-state index in [9.17, 15) is 9.59 Å². The van der Waals surface area contributed by atoms with Gasteiger partial charge in [0.15, 0.2) is 0 Å². The van der Waals surface area contributed by atoms with Crippen LogP contribution in [0.5, 0.6) is 0 Å². The first-order valence-corrected chi connectivity index (χ1v) is 11.6. The average Bonchev–Trinajstić information content (AvgIpc) is 2.77. The van der Waals surface area contributed by atoms with Gasteiger partial charge >= 0.3 is 12.1 Å². The lowest BCUT2D eigenvalue weighted by Crippen LogP contribution is -2.35. The highest BCUT2D eigenvalue weighted by Crippen LogP contribution is 2.35. The molecule has 3 aromatic rings. The lowest BCUT2D eigenvalue weighted by Gasteiger charge is -2.33. The molecule has 0 saturated heterocycles. The summed E-state index contributed by atoms with van der Waals surface area (Å²) in [6, 6.07) is 19.1. The predicted octanol–water partition coefficient (Wildman–Crippen LogP) is 6.80. The van der Waals surface area contributed by atoms with Gasteiger partial charge in [-0.05, 0) is 51.5 Å². The highest BCUT2D eigenvalue weighted by Gasteiger charge is 2.23. The summed E-state index contributed by atoms with van der Waals surface area (Å²) >= 11 is 6.47. The lowest BCUT2D eigenvalue weighted by atomic mass is 10.0. The van der Waals surface area contributed by atoms with Crippen molar-refractivity contribution in [2.24, 2.45) is 0 Å². The predicted molar refractivity (Wildman–Crippen MR) is 138 cm³/mol. The standard InChI is InChI=1S/C27H31ClN2O4/c1-18(16-25(31)33-5)30(17-19-10-6-9-13-22(19)28)24-15-14-23(20-11-7-8-12-21(20)24)29-26(32)34-27(2,3)4/h6-15,18H,16-17H2,1-5H3,(H,29,32)/t18-/m0/s1. The SMILES string of the molecule is COC(=O)C[C@H](C)N(Cc1ccccc1Cl)c1ccc(NC(=O)OC(C)(C)C)c2ccccc12. The number of esters is 1. The number of carbonyl (C=O) groups excluding carboxylic acids is 2. The molecule has 0 aliphatic carbocycles. The molecule has 0 aliphatic rings. The molecule has 1 N–H and O–H groups in total. The third kappa shape index (κ3) is 6.41. The molecule has 0 aromatic heterocycles. The second kappa shape index (κ2) is 10.8. The van der Waals surface area contributed by atoms with E-state index in [1.165, 1.54) is 7.11 Å². The molecular formula is C27H31ClN2O4. The minimum Gasteiger partial charge on any atom is -0.469 e. The van der Waals surface area contributed by atoms with Crippen molar-refractivity contribution >= 4 is 45.8 Å². The number of rotatable bonds is 7. The van der Waals surface area contributed by atoms with Gasteiger partial charge in [-0.15, -0.1) is 0 Å². The Balaban J connectivity index is 2.05. The Kier molecular flexibility index (Phi) is 8.05. The van der Waals surface area contributed by atoms with Gasteiger partial charge in [0, 0.05) is 34.1 Å². The van der Waals surface area contributed by atoms with E-state index in [-0.39, 0.29) is 18.4 Å². The maximum atomic E-state index is 12.4. The molecule has 3 rings (SSSR count). The number of halogens is 1. The fraction of sp³-hybridized carbons (Fsp3) is 0.333. The van der Waals surface area contributed by atoms with Crippen LogP contribution in [-0.2, 0) is 20.8 Å². The highest BCUT2D eigenvalue weighted by atomic mass is 35.5. The molecule has 34 heavy (non-hydrogen) atoms. The Hall–Kier alpha value is -3.25. The van der Waals surface area contributed by atoms with E-state index in [4.69, 9.17) is 21.1 Å². The summed E-state index contributed by atoms with van der Waals surface area (Å²) in [5.41, 5.74) is 1.91. The second-order valence-corrected chi connectivity index (χ2v) is 9.56. The van der Waals surface area contributed by atoms with E-state index in [2.05, 4.69) is 10.2 Å². The molecule has 0 spiro atoms. The number of hydrogen-bond acceptors (Lipinski definition) is 5. The third-order valence-electron chi connectivity index (χ3n) is 5.37. The van der Waals surface area contributed by atoms with Crippen LogP contribution in [0, 0.1) is 0 Å². The number of nitrogens with one attached hydrogen (secondary N) is 1. The van der Waals surface area contributed by atoms with Gasteiger partial charge in [0.1, 0.15) is 5.60 Å². The number of anilines is 2. The molecule has 0 heterocycles. The molecule has 1 amide bonds. The maximum Gasteiger partial charge on any atom is 0.412 e. The molecule has 0 unspecified atom stereocenters. The summed E-state index contributed by atoms with van der Waals surface area (Å²) in [5, 5.41) is 5.31. The number of benzene rings is 3. The van der Waals surface area contributed by atoms with Gasteiger partial charge in [0.2, 0.25) is 0 Å². The van der Waals surface area contributed by atoms with E-state index in [1.54, 1.807) is 0 Å². The van der Waals surface area contributed by atoms with Crippen LogP contribution in [0.25, 0.3) is 10.8 Å². The lowest BCUT2D eigenvalue weighted by molar-refractivity contribution is -0.140. The van der Waals surface area contributed by atoms with Crippen molar-refractivity contribution in [2.75, 3.05) is 17.3 Å².